The molecular weight excluding hydrogens is 368 g/mol. The standard InChI is InChI=1S/C19H30N2O7/c20-16-4-1-2-5-17(16)28-15-14-27-13-12-26-11-10-25-9-3-8-21-18(22)6-7-19(23)24/h1-2,4-5H,3,6-15,20H2,(H,21,22)(H,23,24). The average Bonchev–Trinajstić information content (AvgIpc) is 2.68. The second-order valence-electron chi connectivity index (χ2n) is 5.82. The number of ether oxygens (including phenoxy) is 4. The van der Waals surface area contributed by atoms with Crippen molar-refractivity contribution < 1.29 is 33.6 Å². The lowest BCUT2D eigenvalue weighted by Crippen LogP contribution is -2.25. The molecule has 0 radical (unpaired) electrons. The third-order valence-electron chi connectivity index (χ3n) is 3.50. The monoisotopic (exact) mass is 398 g/mol. The summed E-state index contributed by atoms with van der Waals surface area (Å²) in [5, 5.41) is 11.1. The third-order valence-corrected chi connectivity index (χ3v) is 3.50. The van der Waals surface area contributed by atoms with Crippen molar-refractivity contribution in [2.75, 3.05) is 58.5 Å². The largest absolute Gasteiger partial charge is 0.489 e. The SMILES string of the molecule is Nc1ccccc1OCCOCCOCCOCCCNC(=O)CCC(=O)O. The van der Waals surface area contributed by atoms with Crippen molar-refractivity contribution in [3.05, 3.63) is 24.3 Å². The summed E-state index contributed by atoms with van der Waals surface area (Å²) in [5.41, 5.74) is 6.37. The van der Waals surface area contributed by atoms with Gasteiger partial charge in [-0.15, -0.1) is 0 Å². The van der Waals surface area contributed by atoms with Crippen LogP contribution in [0.15, 0.2) is 24.3 Å². The number of carbonyl (C=O) groups excluding carboxylic acids is 1. The molecule has 0 unspecified atom stereocenters. The Kier molecular flexibility index (Phi) is 13.3. The van der Waals surface area contributed by atoms with Crippen LogP contribution in [0.4, 0.5) is 5.69 Å². The molecule has 0 saturated heterocycles. The second-order valence-corrected chi connectivity index (χ2v) is 5.82. The van der Waals surface area contributed by atoms with Crippen molar-refractivity contribution in [2.24, 2.45) is 0 Å². The van der Waals surface area contributed by atoms with Crippen molar-refractivity contribution in [2.45, 2.75) is 19.3 Å². The van der Waals surface area contributed by atoms with E-state index in [1.807, 2.05) is 18.2 Å². The van der Waals surface area contributed by atoms with Gasteiger partial charge in [0.25, 0.3) is 0 Å². The summed E-state index contributed by atoms with van der Waals surface area (Å²) in [6, 6.07) is 7.31. The van der Waals surface area contributed by atoms with Gasteiger partial charge in [0, 0.05) is 19.6 Å². The van der Waals surface area contributed by atoms with Gasteiger partial charge in [-0.3, -0.25) is 9.59 Å². The van der Waals surface area contributed by atoms with Gasteiger partial charge in [-0.25, -0.2) is 0 Å². The van der Waals surface area contributed by atoms with E-state index in [9.17, 15) is 9.59 Å². The number of benzene rings is 1. The first kappa shape index (κ1) is 23.7. The zero-order chi connectivity index (χ0) is 20.5. The number of amides is 1. The van der Waals surface area contributed by atoms with Gasteiger partial charge in [-0.05, 0) is 18.6 Å². The Bertz CT molecular complexity index is 569. The molecule has 0 atom stereocenters. The van der Waals surface area contributed by atoms with E-state index in [2.05, 4.69) is 5.32 Å². The first-order valence-corrected chi connectivity index (χ1v) is 9.28. The molecule has 1 aromatic rings. The Balaban J connectivity index is 1.79. The van der Waals surface area contributed by atoms with Crippen molar-refractivity contribution in [3.8, 4) is 5.75 Å². The van der Waals surface area contributed by atoms with Gasteiger partial charge >= 0.3 is 5.97 Å². The van der Waals surface area contributed by atoms with Crippen molar-refractivity contribution in [3.63, 3.8) is 0 Å². The number of nitrogens with two attached hydrogens (primary N) is 1. The van der Waals surface area contributed by atoms with Gasteiger partial charge in [0.1, 0.15) is 12.4 Å². The number of hydrogen-bond acceptors (Lipinski definition) is 7. The van der Waals surface area contributed by atoms with Gasteiger partial charge in [0.2, 0.25) is 5.91 Å². The smallest absolute Gasteiger partial charge is 0.303 e. The van der Waals surface area contributed by atoms with E-state index in [1.54, 1.807) is 6.07 Å². The van der Waals surface area contributed by atoms with Gasteiger partial charge in [-0.1, -0.05) is 12.1 Å². The molecule has 1 aromatic carbocycles. The Hall–Kier alpha value is -2.36. The van der Waals surface area contributed by atoms with E-state index in [4.69, 9.17) is 29.8 Å². The van der Waals surface area contributed by atoms with Crippen LogP contribution in [0.5, 0.6) is 5.75 Å². The zero-order valence-corrected chi connectivity index (χ0v) is 16.1. The number of nitrogens with one attached hydrogen (secondary N) is 1. The Morgan fingerprint density at radius 3 is 2.14 bits per heavy atom. The predicted molar refractivity (Wildman–Crippen MR) is 103 cm³/mol. The molecule has 28 heavy (non-hydrogen) atoms. The van der Waals surface area contributed by atoms with E-state index in [0.717, 1.165) is 0 Å². The molecule has 0 spiro atoms. The quantitative estimate of drug-likeness (QED) is 0.262. The van der Waals surface area contributed by atoms with Crippen LogP contribution in [0.25, 0.3) is 0 Å². The number of carboxylic acid groups (broad SMARTS) is 1. The minimum atomic E-state index is -0.977. The van der Waals surface area contributed by atoms with E-state index >= 15 is 0 Å². The highest BCUT2D eigenvalue weighted by Gasteiger charge is 2.04. The first-order valence-electron chi connectivity index (χ1n) is 9.28. The molecule has 0 aliphatic rings. The minimum Gasteiger partial charge on any atom is -0.489 e. The van der Waals surface area contributed by atoms with Gasteiger partial charge in [0.15, 0.2) is 0 Å². The topological polar surface area (TPSA) is 129 Å². The van der Waals surface area contributed by atoms with Crippen LogP contribution >= 0.6 is 0 Å². The molecule has 9 nitrogen and oxygen atoms in total. The number of anilines is 1. The highest BCUT2D eigenvalue weighted by Crippen LogP contribution is 2.19. The van der Waals surface area contributed by atoms with Crippen LogP contribution in [-0.2, 0) is 23.8 Å². The number of rotatable bonds is 17. The lowest BCUT2D eigenvalue weighted by Gasteiger charge is -2.09. The van der Waals surface area contributed by atoms with Gasteiger partial charge in [0.05, 0.1) is 45.1 Å². The second kappa shape index (κ2) is 15.7. The van der Waals surface area contributed by atoms with Crippen molar-refractivity contribution >= 4 is 17.6 Å². The molecule has 0 bridgehead atoms. The maximum atomic E-state index is 11.3. The van der Waals surface area contributed by atoms with E-state index in [-0.39, 0.29) is 18.7 Å². The fourth-order valence-corrected chi connectivity index (χ4v) is 2.08. The number of carbonyl (C=O) groups is 2. The summed E-state index contributed by atoms with van der Waals surface area (Å²) < 4.78 is 21.7. The van der Waals surface area contributed by atoms with Crippen LogP contribution < -0.4 is 15.8 Å². The number of carboxylic acids is 1. The van der Waals surface area contributed by atoms with Crippen molar-refractivity contribution in [1.29, 1.82) is 0 Å². The lowest BCUT2D eigenvalue weighted by atomic mass is 10.3. The maximum absolute atomic E-state index is 11.3. The van der Waals surface area contributed by atoms with Gasteiger partial charge < -0.3 is 35.1 Å². The first-order chi connectivity index (χ1) is 13.6. The summed E-state index contributed by atoms with van der Waals surface area (Å²) in [6.45, 7) is 3.70. The normalized spacial score (nSPS) is 10.6. The fourth-order valence-electron chi connectivity index (χ4n) is 2.08. The molecule has 1 amide bonds. The highest BCUT2D eigenvalue weighted by molar-refractivity contribution is 5.80. The molecule has 0 aromatic heterocycles. The summed E-state index contributed by atoms with van der Waals surface area (Å²) in [4.78, 5) is 21.6. The molecule has 0 heterocycles. The summed E-state index contributed by atoms with van der Waals surface area (Å²) >= 11 is 0. The Labute approximate surface area is 165 Å². The fraction of sp³-hybridized carbons (Fsp3) is 0.579. The van der Waals surface area contributed by atoms with Crippen LogP contribution in [0.2, 0.25) is 0 Å². The molecule has 0 aliphatic heterocycles. The van der Waals surface area contributed by atoms with E-state index in [1.165, 1.54) is 0 Å². The minimum absolute atomic E-state index is 0.00145. The summed E-state index contributed by atoms with van der Waals surface area (Å²) in [6.07, 6.45) is 0.504. The average molecular weight is 398 g/mol. The maximum Gasteiger partial charge on any atom is 0.303 e. The van der Waals surface area contributed by atoms with Crippen LogP contribution in [0.3, 0.4) is 0 Å². The molecule has 9 heteroatoms. The van der Waals surface area contributed by atoms with Crippen LogP contribution in [0, 0.1) is 0 Å². The molecule has 4 N–H and O–H groups in total. The number of nitrogen functional groups attached to an aromatic ring is 1. The van der Waals surface area contributed by atoms with E-state index < -0.39 is 5.97 Å². The Morgan fingerprint density at radius 1 is 0.893 bits per heavy atom. The summed E-state index contributed by atoms with van der Waals surface area (Å²) in [7, 11) is 0. The molecule has 158 valence electrons. The zero-order valence-electron chi connectivity index (χ0n) is 16.1. The summed E-state index contributed by atoms with van der Waals surface area (Å²) in [5.74, 6) is -0.586. The van der Waals surface area contributed by atoms with E-state index in [0.29, 0.717) is 70.7 Å². The number of para-hydroxylation sites is 2. The number of hydrogen-bond donors (Lipinski definition) is 3. The third kappa shape index (κ3) is 12.9. The molecule has 0 fully saturated rings. The van der Waals surface area contributed by atoms with Crippen LogP contribution in [-0.4, -0.2) is 69.8 Å². The molecule has 0 saturated carbocycles. The van der Waals surface area contributed by atoms with Gasteiger partial charge in [-0.2, -0.15) is 0 Å². The lowest BCUT2D eigenvalue weighted by molar-refractivity contribution is -0.138. The predicted octanol–water partition coefficient (Wildman–Crippen LogP) is 1.07. The highest BCUT2D eigenvalue weighted by atomic mass is 16.6. The molecule has 0 aliphatic carbocycles. The molecule has 1 rings (SSSR count). The van der Waals surface area contributed by atoms with Crippen molar-refractivity contribution in [1.82, 2.24) is 5.32 Å². The van der Waals surface area contributed by atoms with Crippen LogP contribution in [0.1, 0.15) is 19.3 Å². The number of aliphatic carboxylic acids is 1. The Morgan fingerprint density at radius 2 is 1.50 bits per heavy atom. The molecular formula is C19H30N2O7.